The third-order valence-electron chi connectivity index (χ3n) is 4.32. The molecule has 1 nitrogen and oxygen atoms in total. The maximum absolute atomic E-state index is 8.97. The van der Waals surface area contributed by atoms with Crippen molar-refractivity contribution in [2.45, 2.75) is 116 Å². The van der Waals surface area contributed by atoms with Gasteiger partial charge in [0.2, 0.25) is 0 Å². The molecule has 0 unspecified atom stereocenters. The predicted molar refractivity (Wildman–Crippen MR) is 95.9 cm³/mol. The van der Waals surface area contributed by atoms with E-state index in [1.54, 1.807) is 0 Å². The minimum atomic E-state index is 0.348. The molecule has 0 fully saturated rings. The zero-order chi connectivity index (χ0) is 15.6. The van der Waals surface area contributed by atoms with Crippen LogP contribution in [0, 0.1) is 0 Å². The molecule has 0 spiro atoms. The molecule has 0 bridgehead atoms. The topological polar surface area (TPSA) is 20.2 Å². The summed E-state index contributed by atoms with van der Waals surface area (Å²) in [7, 11) is 0. The number of rotatable bonds is 17. The molecule has 0 aliphatic carbocycles. The molecule has 0 aromatic heterocycles. The second-order valence-corrected chi connectivity index (χ2v) is 6.62. The van der Waals surface area contributed by atoms with E-state index in [4.69, 9.17) is 5.11 Å². The molecule has 1 heteroatoms. The lowest BCUT2D eigenvalue weighted by molar-refractivity contribution is 0.383. The Morgan fingerprint density at radius 1 is 0.571 bits per heavy atom. The Kier molecular flexibility index (Phi) is 17.2. The number of hydrogen-bond donors (Lipinski definition) is 1. The van der Waals surface area contributed by atoms with Crippen LogP contribution in [0.15, 0.2) is 12.3 Å². The fourth-order valence-electron chi connectivity index (χ4n) is 2.88. The molecule has 0 rings (SSSR count). The first-order valence-corrected chi connectivity index (χ1v) is 9.64. The van der Waals surface area contributed by atoms with Crippen molar-refractivity contribution in [3.63, 3.8) is 0 Å². The first-order valence-electron chi connectivity index (χ1n) is 9.64. The van der Waals surface area contributed by atoms with Crippen LogP contribution in [0.1, 0.15) is 116 Å². The second kappa shape index (κ2) is 17.6. The summed E-state index contributed by atoms with van der Waals surface area (Å²) in [5.41, 5.74) is 0. The van der Waals surface area contributed by atoms with Crippen molar-refractivity contribution in [3.05, 3.63) is 12.3 Å². The first kappa shape index (κ1) is 20.5. The van der Waals surface area contributed by atoms with Crippen LogP contribution >= 0.6 is 0 Å². The van der Waals surface area contributed by atoms with Crippen molar-refractivity contribution in [1.82, 2.24) is 0 Å². The molecule has 0 radical (unpaired) electrons. The summed E-state index contributed by atoms with van der Waals surface area (Å²) in [6.07, 6.45) is 23.0. The highest BCUT2D eigenvalue weighted by molar-refractivity contribution is 4.77. The van der Waals surface area contributed by atoms with Crippen molar-refractivity contribution in [3.8, 4) is 0 Å². The minimum Gasteiger partial charge on any atom is -0.513 e. The van der Waals surface area contributed by atoms with E-state index in [-0.39, 0.29) is 0 Å². The van der Waals surface area contributed by atoms with Crippen molar-refractivity contribution in [2.24, 2.45) is 0 Å². The van der Waals surface area contributed by atoms with Gasteiger partial charge in [0.05, 0.1) is 5.76 Å². The Morgan fingerprint density at radius 2 is 0.857 bits per heavy atom. The van der Waals surface area contributed by atoms with Crippen LogP contribution in [0.2, 0.25) is 0 Å². The lowest BCUT2D eigenvalue weighted by atomic mass is 10.0. The molecular weight excluding hydrogens is 256 g/mol. The van der Waals surface area contributed by atoms with Gasteiger partial charge < -0.3 is 5.11 Å². The molecule has 0 heterocycles. The summed E-state index contributed by atoms with van der Waals surface area (Å²) in [6, 6.07) is 0. The highest BCUT2D eigenvalue weighted by atomic mass is 16.3. The van der Waals surface area contributed by atoms with Crippen LogP contribution in [-0.2, 0) is 0 Å². The van der Waals surface area contributed by atoms with Gasteiger partial charge >= 0.3 is 0 Å². The lowest BCUT2D eigenvalue weighted by Crippen LogP contribution is -1.84. The third kappa shape index (κ3) is 19.5. The van der Waals surface area contributed by atoms with Gasteiger partial charge in [0.15, 0.2) is 0 Å². The van der Waals surface area contributed by atoms with Gasteiger partial charge in [-0.15, -0.1) is 0 Å². The molecule has 0 aliphatic heterocycles. The Bertz CT molecular complexity index is 210. The van der Waals surface area contributed by atoms with Crippen LogP contribution in [0.4, 0.5) is 0 Å². The van der Waals surface area contributed by atoms with Crippen LogP contribution in [0.25, 0.3) is 0 Å². The van der Waals surface area contributed by atoms with Gasteiger partial charge in [-0.05, 0) is 6.42 Å². The summed E-state index contributed by atoms with van der Waals surface area (Å²) in [5.74, 6) is 0.348. The molecular formula is C20H40O. The zero-order valence-corrected chi connectivity index (χ0v) is 14.7. The van der Waals surface area contributed by atoms with E-state index in [9.17, 15) is 0 Å². The van der Waals surface area contributed by atoms with Crippen LogP contribution in [0.5, 0.6) is 0 Å². The molecule has 0 amide bonds. The quantitative estimate of drug-likeness (QED) is 0.215. The zero-order valence-electron chi connectivity index (χ0n) is 14.7. The van der Waals surface area contributed by atoms with Gasteiger partial charge in [0.25, 0.3) is 0 Å². The van der Waals surface area contributed by atoms with Gasteiger partial charge in [-0.1, -0.05) is 110 Å². The van der Waals surface area contributed by atoms with E-state index >= 15 is 0 Å². The van der Waals surface area contributed by atoms with Gasteiger partial charge in [-0.3, -0.25) is 0 Å². The molecule has 0 aromatic rings. The lowest BCUT2D eigenvalue weighted by Gasteiger charge is -2.03. The summed E-state index contributed by atoms with van der Waals surface area (Å²) in [6.45, 7) is 5.80. The van der Waals surface area contributed by atoms with E-state index in [0.717, 1.165) is 12.8 Å². The van der Waals surface area contributed by atoms with Gasteiger partial charge in [0.1, 0.15) is 0 Å². The van der Waals surface area contributed by atoms with Crippen molar-refractivity contribution in [1.29, 1.82) is 0 Å². The first-order chi connectivity index (χ1) is 10.3. The van der Waals surface area contributed by atoms with Gasteiger partial charge in [-0.2, -0.15) is 0 Å². The highest BCUT2D eigenvalue weighted by Crippen LogP contribution is 2.14. The SMILES string of the molecule is C=C(O)CCCCCCCCCCCCCCCCCC. The van der Waals surface area contributed by atoms with E-state index < -0.39 is 0 Å². The molecule has 0 saturated heterocycles. The second-order valence-electron chi connectivity index (χ2n) is 6.62. The molecule has 0 atom stereocenters. The summed E-state index contributed by atoms with van der Waals surface area (Å²) in [5, 5.41) is 8.97. The number of aliphatic hydroxyl groups excluding tert-OH is 1. The van der Waals surface area contributed by atoms with Crippen molar-refractivity contribution < 1.29 is 5.11 Å². The Labute approximate surface area is 134 Å². The largest absolute Gasteiger partial charge is 0.513 e. The number of allylic oxidation sites excluding steroid dienone is 1. The van der Waals surface area contributed by atoms with Gasteiger partial charge in [0, 0.05) is 6.42 Å². The van der Waals surface area contributed by atoms with Crippen LogP contribution in [0.3, 0.4) is 0 Å². The molecule has 126 valence electrons. The maximum Gasteiger partial charge on any atom is 0.0851 e. The smallest absolute Gasteiger partial charge is 0.0851 e. The summed E-state index contributed by atoms with van der Waals surface area (Å²) < 4.78 is 0. The monoisotopic (exact) mass is 296 g/mol. The van der Waals surface area contributed by atoms with Crippen molar-refractivity contribution >= 4 is 0 Å². The van der Waals surface area contributed by atoms with E-state index in [0.29, 0.717) is 5.76 Å². The van der Waals surface area contributed by atoms with Crippen LogP contribution in [-0.4, -0.2) is 5.11 Å². The highest BCUT2D eigenvalue weighted by Gasteiger charge is 1.95. The number of aliphatic hydroxyl groups is 1. The van der Waals surface area contributed by atoms with E-state index in [2.05, 4.69) is 13.5 Å². The van der Waals surface area contributed by atoms with Crippen LogP contribution < -0.4 is 0 Å². The predicted octanol–water partition coefficient (Wildman–Crippen LogP) is 7.71. The molecule has 0 aromatic carbocycles. The minimum absolute atomic E-state index is 0.348. The molecule has 21 heavy (non-hydrogen) atoms. The number of unbranched alkanes of at least 4 members (excludes halogenated alkanes) is 15. The van der Waals surface area contributed by atoms with E-state index in [1.165, 1.54) is 96.3 Å². The average Bonchev–Trinajstić information content (AvgIpc) is 2.46. The normalized spacial score (nSPS) is 10.9. The average molecular weight is 297 g/mol. The Hall–Kier alpha value is -0.460. The van der Waals surface area contributed by atoms with Gasteiger partial charge in [-0.25, -0.2) is 0 Å². The standard InChI is InChI=1S/C20H40O/c1-3-4-5-6-7-8-9-10-11-12-13-14-15-16-17-18-19-20(2)21/h21H,2-19H2,1H3. The maximum atomic E-state index is 8.97. The summed E-state index contributed by atoms with van der Waals surface area (Å²) >= 11 is 0. The number of hydrogen-bond acceptors (Lipinski definition) is 1. The fourth-order valence-corrected chi connectivity index (χ4v) is 2.88. The Morgan fingerprint density at radius 3 is 1.14 bits per heavy atom. The molecule has 0 aliphatic rings. The summed E-state index contributed by atoms with van der Waals surface area (Å²) in [4.78, 5) is 0. The third-order valence-corrected chi connectivity index (χ3v) is 4.32. The van der Waals surface area contributed by atoms with E-state index in [1.807, 2.05) is 0 Å². The molecule has 1 N–H and O–H groups in total. The fraction of sp³-hybridized carbons (Fsp3) is 0.900. The Balaban J connectivity index is 2.95. The molecule has 0 saturated carbocycles. The van der Waals surface area contributed by atoms with Crippen molar-refractivity contribution in [2.75, 3.05) is 0 Å².